The highest BCUT2D eigenvalue weighted by Crippen LogP contribution is 2.24. The van der Waals surface area contributed by atoms with Crippen LogP contribution in [0.5, 0.6) is 0 Å². The zero-order valence-corrected chi connectivity index (χ0v) is 11.2. The third-order valence-corrected chi connectivity index (χ3v) is 3.33. The van der Waals surface area contributed by atoms with E-state index in [9.17, 15) is 0 Å². The van der Waals surface area contributed by atoms with E-state index in [1.165, 1.54) is 5.69 Å². The van der Waals surface area contributed by atoms with Gasteiger partial charge in [0.2, 0.25) is 0 Å². The summed E-state index contributed by atoms with van der Waals surface area (Å²) in [4.78, 5) is 2.24. The van der Waals surface area contributed by atoms with Crippen molar-refractivity contribution in [2.45, 2.75) is 19.9 Å². The standard InChI is InChI=1S/C12H19BrN2O/c1-2-15(6-3-7-16)11-5-4-10(9-14)12(13)8-11/h4-5,8,16H,2-3,6-7,9,14H2,1H3. The summed E-state index contributed by atoms with van der Waals surface area (Å²) in [5, 5.41) is 8.84. The Morgan fingerprint density at radius 2 is 2.19 bits per heavy atom. The Balaban J connectivity index is 2.80. The molecule has 0 radical (unpaired) electrons. The van der Waals surface area contributed by atoms with Crippen molar-refractivity contribution >= 4 is 21.6 Å². The van der Waals surface area contributed by atoms with E-state index in [-0.39, 0.29) is 6.61 Å². The normalized spacial score (nSPS) is 10.5. The van der Waals surface area contributed by atoms with Crippen molar-refractivity contribution in [1.82, 2.24) is 0 Å². The number of nitrogens with zero attached hydrogens (tertiary/aromatic N) is 1. The second-order valence-electron chi connectivity index (χ2n) is 3.64. The van der Waals surface area contributed by atoms with E-state index in [2.05, 4.69) is 39.9 Å². The van der Waals surface area contributed by atoms with Gasteiger partial charge < -0.3 is 15.7 Å². The fourth-order valence-electron chi connectivity index (χ4n) is 1.63. The molecule has 1 rings (SSSR count). The van der Waals surface area contributed by atoms with Gasteiger partial charge in [-0.25, -0.2) is 0 Å². The van der Waals surface area contributed by atoms with Gasteiger partial charge in [0.05, 0.1) is 0 Å². The fraction of sp³-hybridized carbons (Fsp3) is 0.500. The molecule has 0 fully saturated rings. The Hall–Kier alpha value is -0.580. The first-order valence-electron chi connectivity index (χ1n) is 5.57. The van der Waals surface area contributed by atoms with Gasteiger partial charge in [0.15, 0.2) is 0 Å². The monoisotopic (exact) mass is 286 g/mol. The van der Waals surface area contributed by atoms with Crippen LogP contribution in [-0.4, -0.2) is 24.8 Å². The highest BCUT2D eigenvalue weighted by molar-refractivity contribution is 9.10. The Bertz CT molecular complexity index is 331. The molecule has 1 aromatic carbocycles. The Kier molecular flexibility index (Phi) is 5.80. The quantitative estimate of drug-likeness (QED) is 0.842. The summed E-state index contributed by atoms with van der Waals surface area (Å²) in [5.41, 5.74) is 7.89. The van der Waals surface area contributed by atoms with Crippen molar-refractivity contribution in [3.63, 3.8) is 0 Å². The third kappa shape index (κ3) is 3.47. The summed E-state index contributed by atoms with van der Waals surface area (Å²) in [6.07, 6.45) is 0.796. The lowest BCUT2D eigenvalue weighted by atomic mass is 10.2. The fourth-order valence-corrected chi connectivity index (χ4v) is 2.16. The van der Waals surface area contributed by atoms with Gasteiger partial charge in [-0.1, -0.05) is 22.0 Å². The van der Waals surface area contributed by atoms with Crippen LogP contribution in [-0.2, 0) is 6.54 Å². The summed E-state index contributed by atoms with van der Waals surface area (Å²) < 4.78 is 1.05. The van der Waals surface area contributed by atoms with E-state index < -0.39 is 0 Å². The molecule has 0 spiro atoms. The summed E-state index contributed by atoms with van der Waals surface area (Å²) in [6.45, 7) is 4.71. The summed E-state index contributed by atoms with van der Waals surface area (Å²) in [5.74, 6) is 0. The molecule has 3 nitrogen and oxygen atoms in total. The van der Waals surface area contributed by atoms with Gasteiger partial charge in [-0.05, 0) is 31.0 Å². The Morgan fingerprint density at radius 1 is 1.44 bits per heavy atom. The number of aliphatic hydroxyl groups excluding tert-OH is 1. The van der Waals surface area contributed by atoms with E-state index in [1.807, 2.05) is 6.07 Å². The molecule has 4 heteroatoms. The average molecular weight is 287 g/mol. The van der Waals surface area contributed by atoms with Gasteiger partial charge in [-0.2, -0.15) is 0 Å². The summed E-state index contributed by atoms with van der Waals surface area (Å²) >= 11 is 3.52. The van der Waals surface area contributed by atoms with Crippen molar-refractivity contribution in [3.05, 3.63) is 28.2 Å². The number of anilines is 1. The molecule has 0 aromatic heterocycles. The number of hydrogen-bond donors (Lipinski definition) is 2. The van der Waals surface area contributed by atoms with Gasteiger partial charge in [0.25, 0.3) is 0 Å². The van der Waals surface area contributed by atoms with Crippen LogP contribution in [0.25, 0.3) is 0 Å². The van der Waals surface area contributed by atoms with Crippen LogP contribution in [0.2, 0.25) is 0 Å². The van der Waals surface area contributed by atoms with Crippen LogP contribution < -0.4 is 10.6 Å². The SMILES string of the molecule is CCN(CCCO)c1ccc(CN)c(Br)c1. The Morgan fingerprint density at radius 3 is 2.69 bits per heavy atom. The predicted molar refractivity (Wildman–Crippen MR) is 71.6 cm³/mol. The van der Waals surface area contributed by atoms with E-state index in [4.69, 9.17) is 10.8 Å². The van der Waals surface area contributed by atoms with Gasteiger partial charge >= 0.3 is 0 Å². The molecule has 0 saturated heterocycles. The van der Waals surface area contributed by atoms with Gasteiger partial charge in [0, 0.05) is 36.4 Å². The first kappa shape index (κ1) is 13.5. The lowest BCUT2D eigenvalue weighted by Crippen LogP contribution is -2.24. The number of hydrogen-bond acceptors (Lipinski definition) is 3. The molecule has 0 bridgehead atoms. The van der Waals surface area contributed by atoms with Gasteiger partial charge in [-0.15, -0.1) is 0 Å². The van der Waals surface area contributed by atoms with Crippen molar-refractivity contribution in [3.8, 4) is 0 Å². The Labute approximate surface area is 105 Å². The van der Waals surface area contributed by atoms with Crippen molar-refractivity contribution in [2.24, 2.45) is 5.73 Å². The van der Waals surface area contributed by atoms with Crippen LogP contribution in [0, 0.1) is 0 Å². The molecule has 1 aromatic rings. The van der Waals surface area contributed by atoms with Crippen LogP contribution >= 0.6 is 15.9 Å². The van der Waals surface area contributed by atoms with E-state index in [1.54, 1.807) is 0 Å². The van der Waals surface area contributed by atoms with Gasteiger partial charge in [0.1, 0.15) is 0 Å². The molecule has 0 aliphatic carbocycles. The zero-order valence-electron chi connectivity index (χ0n) is 9.62. The molecule has 0 saturated carbocycles. The maximum Gasteiger partial charge on any atom is 0.0447 e. The topological polar surface area (TPSA) is 49.5 Å². The first-order valence-corrected chi connectivity index (χ1v) is 6.36. The third-order valence-electron chi connectivity index (χ3n) is 2.59. The van der Waals surface area contributed by atoms with Crippen LogP contribution in [0.4, 0.5) is 5.69 Å². The number of halogens is 1. The highest BCUT2D eigenvalue weighted by atomic mass is 79.9. The van der Waals surface area contributed by atoms with Crippen molar-refractivity contribution < 1.29 is 5.11 Å². The molecule has 3 N–H and O–H groups in total. The molecule has 0 atom stereocenters. The second kappa shape index (κ2) is 6.89. The van der Waals surface area contributed by atoms with E-state index in [0.717, 1.165) is 29.5 Å². The van der Waals surface area contributed by atoms with Crippen molar-refractivity contribution in [1.29, 1.82) is 0 Å². The summed E-state index contributed by atoms with van der Waals surface area (Å²) in [6, 6.07) is 6.21. The maximum absolute atomic E-state index is 8.84. The molecular formula is C12H19BrN2O. The second-order valence-corrected chi connectivity index (χ2v) is 4.49. The lowest BCUT2D eigenvalue weighted by molar-refractivity contribution is 0.289. The average Bonchev–Trinajstić information content (AvgIpc) is 2.30. The minimum Gasteiger partial charge on any atom is -0.396 e. The number of aliphatic hydroxyl groups is 1. The number of nitrogens with two attached hydrogens (primary N) is 1. The number of rotatable bonds is 6. The molecule has 0 unspecified atom stereocenters. The minimum atomic E-state index is 0.235. The first-order chi connectivity index (χ1) is 7.72. The maximum atomic E-state index is 8.84. The van der Waals surface area contributed by atoms with E-state index >= 15 is 0 Å². The molecular weight excluding hydrogens is 268 g/mol. The molecule has 0 amide bonds. The summed E-state index contributed by atoms with van der Waals surface area (Å²) in [7, 11) is 0. The molecule has 90 valence electrons. The van der Waals surface area contributed by atoms with Crippen LogP contribution in [0.3, 0.4) is 0 Å². The van der Waals surface area contributed by atoms with Gasteiger partial charge in [-0.3, -0.25) is 0 Å². The molecule has 0 aliphatic heterocycles. The lowest BCUT2D eigenvalue weighted by Gasteiger charge is -2.23. The van der Waals surface area contributed by atoms with Crippen LogP contribution in [0.1, 0.15) is 18.9 Å². The zero-order chi connectivity index (χ0) is 12.0. The molecule has 0 heterocycles. The smallest absolute Gasteiger partial charge is 0.0447 e. The number of benzene rings is 1. The van der Waals surface area contributed by atoms with Crippen LogP contribution in [0.15, 0.2) is 22.7 Å². The minimum absolute atomic E-state index is 0.235. The van der Waals surface area contributed by atoms with Crippen molar-refractivity contribution in [2.75, 3.05) is 24.6 Å². The van der Waals surface area contributed by atoms with E-state index in [0.29, 0.717) is 6.54 Å². The predicted octanol–water partition coefficient (Wildman–Crippen LogP) is 2.12. The molecule has 16 heavy (non-hydrogen) atoms. The largest absolute Gasteiger partial charge is 0.396 e. The highest BCUT2D eigenvalue weighted by Gasteiger charge is 2.06. The molecule has 0 aliphatic rings.